The molecule has 0 aromatic carbocycles. The van der Waals surface area contributed by atoms with Crippen LogP contribution in [0.15, 0.2) is 22.9 Å². The first-order valence-corrected chi connectivity index (χ1v) is 5.90. The third kappa shape index (κ3) is 3.65. The van der Waals surface area contributed by atoms with Gasteiger partial charge in [-0.2, -0.15) is 29.5 Å². The molecule has 1 amide bonds. The van der Waals surface area contributed by atoms with Crippen molar-refractivity contribution in [1.29, 1.82) is 0 Å². The maximum atomic E-state index is 12.2. The number of alkyl halides is 3. The van der Waals surface area contributed by atoms with Crippen LogP contribution in [0.5, 0.6) is 0 Å². The first-order chi connectivity index (χ1) is 8.95. The average molecular weight is 288 g/mol. The van der Waals surface area contributed by atoms with Gasteiger partial charge >= 0.3 is 6.18 Å². The van der Waals surface area contributed by atoms with Crippen LogP contribution >= 0.6 is 11.3 Å². The van der Waals surface area contributed by atoms with Crippen molar-refractivity contribution in [1.82, 2.24) is 15.2 Å². The van der Waals surface area contributed by atoms with Crippen LogP contribution in [-0.4, -0.2) is 21.1 Å². The Bertz CT molecular complexity index is 588. The normalized spacial score (nSPS) is 11.9. The van der Waals surface area contributed by atoms with Crippen LogP contribution in [0.3, 0.4) is 0 Å². The number of amides is 1. The third-order valence-electron chi connectivity index (χ3n) is 1.96. The Morgan fingerprint density at radius 2 is 2.26 bits per heavy atom. The summed E-state index contributed by atoms with van der Waals surface area (Å²) in [4.78, 5) is 14.5. The molecule has 0 fully saturated rings. The smallest absolute Gasteiger partial charge is 0.290 e. The molecule has 0 aliphatic carbocycles. The van der Waals surface area contributed by atoms with Crippen LogP contribution in [0.25, 0.3) is 6.08 Å². The molecule has 0 saturated carbocycles. The van der Waals surface area contributed by atoms with Gasteiger partial charge in [-0.3, -0.25) is 15.2 Å². The van der Waals surface area contributed by atoms with E-state index < -0.39 is 23.9 Å². The standard InChI is InChI=1S/C10H7F3N4OS/c11-10(12,13)8-15-9(17-16-8)14-7(18)2-1-6-3-4-19-5-6/h1-5H,(H2,14,15,16,17,18)/b2-1+. The molecule has 0 aliphatic rings. The topological polar surface area (TPSA) is 70.7 Å². The fraction of sp³-hybridized carbons (Fsp3) is 0.100. The van der Waals surface area contributed by atoms with Gasteiger partial charge in [0.25, 0.3) is 5.91 Å². The molecule has 9 heteroatoms. The number of aromatic nitrogens is 3. The highest BCUT2D eigenvalue weighted by molar-refractivity contribution is 7.08. The summed E-state index contributed by atoms with van der Waals surface area (Å²) >= 11 is 1.46. The number of carbonyl (C=O) groups is 1. The quantitative estimate of drug-likeness (QED) is 0.853. The molecule has 0 atom stereocenters. The number of nitrogens with one attached hydrogen (secondary N) is 2. The van der Waals surface area contributed by atoms with E-state index >= 15 is 0 Å². The summed E-state index contributed by atoms with van der Waals surface area (Å²) in [6.45, 7) is 0. The molecule has 2 heterocycles. The molecular weight excluding hydrogens is 281 g/mol. The summed E-state index contributed by atoms with van der Waals surface area (Å²) in [6.07, 6.45) is -1.91. The Kier molecular flexibility index (Phi) is 3.65. The number of anilines is 1. The van der Waals surface area contributed by atoms with Gasteiger partial charge in [-0.05, 0) is 28.5 Å². The highest BCUT2D eigenvalue weighted by Crippen LogP contribution is 2.26. The van der Waals surface area contributed by atoms with E-state index in [9.17, 15) is 18.0 Å². The van der Waals surface area contributed by atoms with Gasteiger partial charge in [-0.1, -0.05) is 0 Å². The number of nitrogens with zero attached hydrogens (tertiary/aromatic N) is 2. The number of hydrogen-bond donors (Lipinski definition) is 2. The second-order valence-electron chi connectivity index (χ2n) is 3.38. The lowest BCUT2D eigenvalue weighted by Gasteiger charge is -1.98. The predicted octanol–water partition coefficient (Wildman–Crippen LogP) is 2.54. The minimum absolute atomic E-state index is 0.424. The molecule has 2 N–H and O–H groups in total. The van der Waals surface area contributed by atoms with Gasteiger partial charge in [0, 0.05) is 6.08 Å². The number of halogens is 3. The van der Waals surface area contributed by atoms with E-state index in [0.717, 1.165) is 5.56 Å². The second-order valence-corrected chi connectivity index (χ2v) is 4.16. The number of thiophene rings is 1. The van der Waals surface area contributed by atoms with Crippen molar-refractivity contribution < 1.29 is 18.0 Å². The maximum Gasteiger partial charge on any atom is 0.451 e. The Morgan fingerprint density at radius 3 is 2.84 bits per heavy atom. The summed E-state index contributed by atoms with van der Waals surface area (Å²) in [5.41, 5.74) is 0.825. The van der Waals surface area contributed by atoms with Crippen LogP contribution < -0.4 is 5.32 Å². The van der Waals surface area contributed by atoms with E-state index in [2.05, 4.69) is 15.4 Å². The third-order valence-corrected chi connectivity index (χ3v) is 2.66. The van der Waals surface area contributed by atoms with Crippen molar-refractivity contribution in [3.8, 4) is 0 Å². The average Bonchev–Trinajstić information content (AvgIpc) is 2.95. The van der Waals surface area contributed by atoms with Gasteiger partial charge in [-0.15, -0.1) is 5.10 Å². The maximum absolute atomic E-state index is 12.2. The van der Waals surface area contributed by atoms with Crippen molar-refractivity contribution >= 4 is 29.3 Å². The van der Waals surface area contributed by atoms with Crippen molar-refractivity contribution in [3.63, 3.8) is 0 Å². The van der Waals surface area contributed by atoms with Crippen LogP contribution in [0.2, 0.25) is 0 Å². The summed E-state index contributed by atoms with van der Waals surface area (Å²) < 4.78 is 36.6. The van der Waals surface area contributed by atoms with E-state index in [1.165, 1.54) is 23.5 Å². The highest BCUT2D eigenvalue weighted by Gasteiger charge is 2.35. The van der Waals surface area contributed by atoms with E-state index in [1.807, 2.05) is 10.8 Å². The summed E-state index contributed by atoms with van der Waals surface area (Å²) in [5.74, 6) is -2.30. The van der Waals surface area contributed by atoms with E-state index in [1.54, 1.807) is 11.2 Å². The van der Waals surface area contributed by atoms with Crippen molar-refractivity contribution in [3.05, 3.63) is 34.3 Å². The first kappa shape index (κ1) is 13.3. The fourth-order valence-corrected chi connectivity index (χ4v) is 1.77. The zero-order chi connectivity index (χ0) is 13.9. The lowest BCUT2D eigenvalue weighted by atomic mass is 10.3. The second kappa shape index (κ2) is 5.22. The molecule has 0 bridgehead atoms. The number of hydrogen-bond acceptors (Lipinski definition) is 4. The fourth-order valence-electron chi connectivity index (χ4n) is 1.14. The SMILES string of the molecule is O=C(/C=C/c1ccsc1)Nc1n[nH]c(C(F)(F)F)n1. The van der Waals surface area contributed by atoms with Crippen LogP contribution in [-0.2, 0) is 11.0 Å². The molecule has 0 radical (unpaired) electrons. The van der Waals surface area contributed by atoms with E-state index in [0.29, 0.717) is 0 Å². The minimum Gasteiger partial charge on any atom is -0.290 e. The Hall–Kier alpha value is -2.16. The van der Waals surface area contributed by atoms with Crippen molar-refractivity contribution in [2.45, 2.75) is 6.18 Å². The molecule has 0 saturated heterocycles. The van der Waals surface area contributed by atoms with E-state index in [4.69, 9.17) is 0 Å². The number of H-pyrrole nitrogens is 1. The molecule has 0 spiro atoms. The molecular formula is C10H7F3N4OS. The molecule has 2 aromatic heterocycles. The monoisotopic (exact) mass is 288 g/mol. The molecule has 100 valence electrons. The van der Waals surface area contributed by atoms with E-state index in [-0.39, 0.29) is 0 Å². The highest BCUT2D eigenvalue weighted by atomic mass is 32.1. The molecule has 2 rings (SSSR count). The van der Waals surface area contributed by atoms with Crippen LogP contribution in [0.4, 0.5) is 19.1 Å². The zero-order valence-corrected chi connectivity index (χ0v) is 10.0. The van der Waals surface area contributed by atoms with Crippen molar-refractivity contribution in [2.24, 2.45) is 0 Å². The zero-order valence-electron chi connectivity index (χ0n) is 9.23. The molecule has 0 unspecified atom stereocenters. The Labute approximate surface area is 109 Å². The Morgan fingerprint density at radius 1 is 1.47 bits per heavy atom. The van der Waals surface area contributed by atoms with Gasteiger partial charge < -0.3 is 0 Å². The largest absolute Gasteiger partial charge is 0.451 e. The molecule has 19 heavy (non-hydrogen) atoms. The van der Waals surface area contributed by atoms with Crippen molar-refractivity contribution in [2.75, 3.05) is 5.32 Å². The number of aromatic amines is 1. The molecule has 2 aromatic rings. The van der Waals surface area contributed by atoms with Gasteiger partial charge in [0.05, 0.1) is 0 Å². The summed E-state index contributed by atoms with van der Waals surface area (Å²) in [5, 5.41) is 10.7. The number of carbonyl (C=O) groups excluding carboxylic acids is 1. The molecule has 5 nitrogen and oxygen atoms in total. The number of rotatable bonds is 3. The predicted molar refractivity (Wildman–Crippen MR) is 63.4 cm³/mol. The van der Waals surface area contributed by atoms with Gasteiger partial charge in [0.15, 0.2) is 0 Å². The lowest BCUT2D eigenvalue weighted by Crippen LogP contribution is -2.10. The van der Waals surface area contributed by atoms with Crippen LogP contribution in [0.1, 0.15) is 11.4 Å². The Balaban J connectivity index is 1.98. The minimum atomic E-state index is -4.62. The first-order valence-electron chi connectivity index (χ1n) is 4.96. The lowest BCUT2D eigenvalue weighted by molar-refractivity contribution is -0.144. The van der Waals surface area contributed by atoms with Gasteiger partial charge in [0.2, 0.25) is 11.8 Å². The van der Waals surface area contributed by atoms with Crippen LogP contribution in [0, 0.1) is 0 Å². The van der Waals surface area contributed by atoms with Gasteiger partial charge in [0.1, 0.15) is 0 Å². The van der Waals surface area contributed by atoms with Gasteiger partial charge in [-0.25, -0.2) is 0 Å². The molecule has 0 aliphatic heterocycles. The summed E-state index contributed by atoms with van der Waals surface area (Å²) in [7, 11) is 0. The summed E-state index contributed by atoms with van der Waals surface area (Å²) in [6, 6.07) is 1.79.